The number of rotatable bonds is 9. The number of carboxylic acid groups (broad SMARTS) is 1. The Kier molecular flexibility index (Phi) is 8.55. The van der Waals surface area contributed by atoms with E-state index < -0.39 is 12.0 Å². The molecule has 0 aliphatic carbocycles. The molecule has 0 aromatic heterocycles. The van der Waals surface area contributed by atoms with Crippen LogP contribution in [0.1, 0.15) is 60.3 Å². The van der Waals surface area contributed by atoms with E-state index in [1.165, 1.54) is 0 Å². The van der Waals surface area contributed by atoms with Crippen LogP contribution >= 0.6 is 0 Å². The molecule has 0 saturated carbocycles. The Morgan fingerprint density at radius 3 is 2.19 bits per heavy atom. The number of nitrogens with two attached hydrogens (primary N) is 1. The highest BCUT2D eigenvalue weighted by Gasteiger charge is 2.25. The van der Waals surface area contributed by atoms with E-state index >= 15 is 0 Å². The van der Waals surface area contributed by atoms with Crippen LogP contribution in [0.4, 0.5) is 0 Å². The lowest BCUT2D eigenvalue weighted by Gasteiger charge is -2.30. The van der Waals surface area contributed by atoms with Crippen LogP contribution in [0.25, 0.3) is 0 Å². The van der Waals surface area contributed by atoms with Gasteiger partial charge in [0, 0.05) is 13.0 Å². The van der Waals surface area contributed by atoms with Gasteiger partial charge in [-0.25, -0.2) is 0 Å². The summed E-state index contributed by atoms with van der Waals surface area (Å²) in [5.74, 6) is -0.235. The van der Waals surface area contributed by atoms with Crippen LogP contribution < -0.4 is 11.1 Å². The van der Waals surface area contributed by atoms with Crippen molar-refractivity contribution >= 4 is 11.9 Å². The van der Waals surface area contributed by atoms with Crippen LogP contribution in [0.3, 0.4) is 0 Å². The van der Waals surface area contributed by atoms with Gasteiger partial charge in [0.25, 0.3) is 0 Å². The Hall–Kier alpha value is -1.10. The number of carbonyl (C=O) groups is 2. The van der Waals surface area contributed by atoms with Gasteiger partial charge in [-0.2, -0.15) is 0 Å². The van der Waals surface area contributed by atoms with Gasteiger partial charge in [0.2, 0.25) is 5.91 Å². The second kappa shape index (κ2) is 9.03. The molecule has 0 fully saturated rings. The predicted octanol–water partition coefficient (Wildman–Crippen LogP) is 2.39. The summed E-state index contributed by atoms with van der Waals surface area (Å²) in [5.41, 5.74) is 5.86. The Balaban J connectivity index is 4.24. The largest absolute Gasteiger partial charge is 0.481 e. The number of nitrogens with one attached hydrogen (secondary N) is 1. The number of aliphatic carboxylic acids is 1. The molecule has 4 N–H and O–H groups in total. The van der Waals surface area contributed by atoms with E-state index in [-0.39, 0.29) is 23.7 Å². The van der Waals surface area contributed by atoms with Crippen LogP contribution in [-0.4, -0.2) is 29.6 Å². The maximum absolute atomic E-state index is 11.8. The molecule has 124 valence electrons. The van der Waals surface area contributed by atoms with Crippen LogP contribution in [0, 0.1) is 17.3 Å². The second-order valence-corrected chi connectivity index (χ2v) is 7.31. The zero-order chi connectivity index (χ0) is 16.6. The number of hydrogen-bond acceptors (Lipinski definition) is 3. The predicted molar refractivity (Wildman–Crippen MR) is 84.9 cm³/mol. The highest BCUT2D eigenvalue weighted by molar-refractivity contribution is 5.81. The molecule has 0 aliphatic rings. The molecule has 0 rings (SSSR count). The van der Waals surface area contributed by atoms with Gasteiger partial charge in [0.15, 0.2) is 0 Å². The molecule has 0 aliphatic heterocycles. The van der Waals surface area contributed by atoms with Crippen molar-refractivity contribution in [1.82, 2.24) is 5.32 Å². The first-order valence-corrected chi connectivity index (χ1v) is 7.79. The van der Waals surface area contributed by atoms with Gasteiger partial charge < -0.3 is 16.2 Å². The summed E-state index contributed by atoms with van der Waals surface area (Å²) in [6.07, 6.45) is 2.25. The van der Waals surface area contributed by atoms with Gasteiger partial charge in [0.1, 0.15) is 0 Å². The summed E-state index contributed by atoms with van der Waals surface area (Å²) >= 11 is 0. The van der Waals surface area contributed by atoms with E-state index in [0.717, 1.165) is 6.42 Å². The number of hydrogen-bond donors (Lipinski definition) is 3. The minimum Gasteiger partial charge on any atom is -0.481 e. The highest BCUT2D eigenvalue weighted by atomic mass is 16.4. The fourth-order valence-electron chi connectivity index (χ4n) is 2.42. The Bertz CT molecular complexity index is 335. The molecule has 1 amide bonds. The molecular formula is C16H32N2O3. The average Bonchev–Trinajstić information content (AvgIpc) is 2.30. The third-order valence-corrected chi connectivity index (χ3v) is 3.79. The first kappa shape index (κ1) is 19.9. The molecule has 0 radical (unpaired) electrons. The molecule has 1 unspecified atom stereocenters. The van der Waals surface area contributed by atoms with E-state index in [4.69, 9.17) is 10.8 Å². The molecule has 0 aromatic carbocycles. The van der Waals surface area contributed by atoms with Crippen molar-refractivity contribution in [3.05, 3.63) is 0 Å². The van der Waals surface area contributed by atoms with Gasteiger partial charge in [-0.1, -0.05) is 34.6 Å². The third-order valence-electron chi connectivity index (χ3n) is 3.79. The first-order valence-electron chi connectivity index (χ1n) is 7.79. The molecule has 5 nitrogen and oxygen atoms in total. The number of amides is 1. The fraction of sp³-hybridized carbons (Fsp3) is 0.875. The lowest BCUT2D eigenvalue weighted by Crippen LogP contribution is -2.42. The molecule has 0 heterocycles. The SMILES string of the molecule is CC(C)C[C@H](N)C(=O)NCCC(CCC(=O)O)C(C)(C)C. The molecule has 0 spiro atoms. The van der Waals surface area contributed by atoms with E-state index in [0.29, 0.717) is 25.3 Å². The smallest absolute Gasteiger partial charge is 0.303 e. The normalized spacial score (nSPS) is 14.8. The summed E-state index contributed by atoms with van der Waals surface area (Å²) in [4.78, 5) is 22.6. The van der Waals surface area contributed by atoms with Crippen LogP contribution in [0.2, 0.25) is 0 Å². The fourth-order valence-corrected chi connectivity index (χ4v) is 2.42. The lowest BCUT2D eigenvalue weighted by molar-refractivity contribution is -0.137. The van der Waals surface area contributed by atoms with Crippen molar-refractivity contribution in [1.29, 1.82) is 0 Å². The van der Waals surface area contributed by atoms with Crippen molar-refractivity contribution < 1.29 is 14.7 Å². The van der Waals surface area contributed by atoms with Crippen molar-refractivity contribution in [2.45, 2.75) is 66.3 Å². The van der Waals surface area contributed by atoms with E-state index in [9.17, 15) is 9.59 Å². The van der Waals surface area contributed by atoms with E-state index in [1.807, 2.05) is 13.8 Å². The summed E-state index contributed by atoms with van der Waals surface area (Å²) < 4.78 is 0. The van der Waals surface area contributed by atoms with Crippen molar-refractivity contribution in [3.63, 3.8) is 0 Å². The summed E-state index contributed by atoms with van der Waals surface area (Å²) in [5, 5.41) is 11.7. The summed E-state index contributed by atoms with van der Waals surface area (Å²) in [6.45, 7) is 10.9. The van der Waals surface area contributed by atoms with E-state index in [2.05, 4.69) is 26.1 Å². The molecule has 0 aromatic rings. The third kappa shape index (κ3) is 9.45. The van der Waals surface area contributed by atoms with Crippen molar-refractivity contribution in [3.8, 4) is 0 Å². The van der Waals surface area contributed by atoms with Gasteiger partial charge in [-0.3, -0.25) is 9.59 Å². The van der Waals surface area contributed by atoms with Crippen LogP contribution in [-0.2, 0) is 9.59 Å². The topological polar surface area (TPSA) is 92.4 Å². The first-order chi connectivity index (χ1) is 9.54. The number of carbonyl (C=O) groups excluding carboxylic acids is 1. The van der Waals surface area contributed by atoms with Crippen LogP contribution in [0.5, 0.6) is 0 Å². The molecule has 2 atom stereocenters. The number of carboxylic acids is 1. The minimum atomic E-state index is -0.771. The van der Waals surface area contributed by atoms with Crippen LogP contribution in [0.15, 0.2) is 0 Å². The highest BCUT2D eigenvalue weighted by Crippen LogP contribution is 2.32. The second-order valence-electron chi connectivity index (χ2n) is 7.31. The van der Waals surface area contributed by atoms with Gasteiger partial charge in [-0.15, -0.1) is 0 Å². The summed E-state index contributed by atoms with van der Waals surface area (Å²) in [7, 11) is 0. The summed E-state index contributed by atoms with van der Waals surface area (Å²) in [6, 6.07) is -0.461. The molecule has 5 heteroatoms. The zero-order valence-electron chi connectivity index (χ0n) is 14.1. The van der Waals surface area contributed by atoms with E-state index in [1.54, 1.807) is 0 Å². The molecule has 21 heavy (non-hydrogen) atoms. The van der Waals surface area contributed by atoms with Gasteiger partial charge in [0.05, 0.1) is 6.04 Å². The average molecular weight is 300 g/mol. The minimum absolute atomic E-state index is 0.0280. The molecule has 0 bridgehead atoms. The zero-order valence-corrected chi connectivity index (χ0v) is 14.1. The standard InChI is InChI=1S/C16H32N2O3/c1-11(2)10-13(17)15(21)18-9-8-12(16(3,4)5)6-7-14(19)20/h11-13H,6-10,17H2,1-5H3,(H,18,21)(H,19,20)/t12?,13-/m0/s1. The lowest BCUT2D eigenvalue weighted by atomic mass is 9.76. The van der Waals surface area contributed by atoms with Crippen molar-refractivity contribution in [2.24, 2.45) is 23.0 Å². The maximum Gasteiger partial charge on any atom is 0.303 e. The Labute approximate surface area is 128 Å². The molecular weight excluding hydrogens is 268 g/mol. The monoisotopic (exact) mass is 300 g/mol. The maximum atomic E-state index is 11.8. The Morgan fingerprint density at radius 2 is 1.76 bits per heavy atom. The Morgan fingerprint density at radius 1 is 1.19 bits per heavy atom. The van der Waals surface area contributed by atoms with Crippen molar-refractivity contribution in [2.75, 3.05) is 6.54 Å². The van der Waals surface area contributed by atoms with Gasteiger partial charge in [-0.05, 0) is 36.5 Å². The molecule has 0 saturated heterocycles. The quantitative estimate of drug-likeness (QED) is 0.609. The van der Waals surface area contributed by atoms with Gasteiger partial charge >= 0.3 is 5.97 Å².